The monoisotopic (exact) mass is 481 g/mol. The molecule has 3 aromatic rings. The van der Waals surface area contributed by atoms with Gasteiger partial charge in [-0.25, -0.2) is 8.42 Å². The zero-order chi connectivity index (χ0) is 24.2. The highest BCUT2D eigenvalue weighted by Crippen LogP contribution is 2.33. The number of hydrogen-bond donors (Lipinski definition) is 1. The van der Waals surface area contributed by atoms with Crippen LogP contribution in [0.2, 0.25) is 0 Å². The van der Waals surface area contributed by atoms with Gasteiger partial charge in [0.05, 0.1) is 10.6 Å². The second-order valence-corrected chi connectivity index (χ2v) is 11.4. The van der Waals surface area contributed by atoms with Gasteiger partial charge in [0.25, 0.3) is 0 Å². The summed E-state index contributed by atoms with van der Waals surface area (Å²) in [5.41, 5.74) is 1.92. The second kappa shape index (κ2) is 10.4. The maximum Gasteiger partial charge on any atom is 0.175 e. The summed E-state index contributed by atoms with van der Waals surface area (Å²) in [7, 11) is -1.18. The summed E-state index contributed by atoms with van der Waals surface area (Å²) in [6.07, 6.45) is 4.91. The van der Waals surface area contributed by atoms with E-state index in [9.17, 15) is 13.5 Å². The molecule has 1 aliphatic heterocycles. The third-order valence-electron chi connectivity index (χ3n) is 6.85. The highest BCUT2D eigenvalue weighted by molar-refractivity contribution is 7.90. The largest absolute Gasteiger partial charge is 0.379 e. The van der Waals surface area contributed by atoms with Crippen LogP contribution in [0.4, 0.5) is 0 Å². The van der Waals surface area contributed by atoms with Gasteiger partial charge >= 0.3 is 0 Å². The molecule has 1 saturated heterocycles. The lowest BCUT2D eigenvalue weighted by Gasteiger charge is -2.32. The second-order valence-electron chi connectivity index (χ2n) is 9.37. The van der Waals surface area contributed by atoms with Crippen LogP contribution in [0.3, 0.4) is 0 Å². The summed E-state index contributed by atoms with van der Waals surface area (Å²) in [5, 5.41) is 11.9. The van der Waals surface area contributed by atoms with Crippen LogP contribution in [0.1, 0.15) is 29.7 Å². The van der Waals surface area contributed by atoms with Crippen molar-refractivity contribution in [1.29, 1.82) is 0 Å². The lowest BCUT2D eigenvalue weighted by molar-refractivity contribution is 0.0510. The lowest BCUT2D eigenvalue weighted by Crippen LogP contribution is -2.37. The van der Waals surface area contributed by atoms with Gasteiger partial charge in [0.2, 0.25) is 0 Å². The summed E-state index contributed by atoms with van der Waals surface area (Å²) in [5.74, 6) is 0. The van der Waals surface area contributed by atoms with Crippen LogP contribution >= 0.6 is 0 Å². The fraction of sp³-hybridized carbons (Fsp3) is 0.407. The van der Waals surface area contributed by atoms with Crippen LogP contribution in [0.15, 0.2) is 77.8 Å². The van der Waals surface area contributed by atoms with E-state index in [1.54, 1.807) is 12.1 Å². The summed E-state index contributed by atoms with van der Waals surface area (Å²) in [6.45, 7) is 5.52. The van der Waals surface area contributed by atoms with Crippen LogP contribution in [0, 0.1) is 0 Å². The zero-order valence-electron chi connectivity index (χ0n) is 20.1. The molecule has 34 heavy (non-hydrogen) atoms. The number of rotatable bonds is 8. The Kier molecular flexibility index (Phi) is 7.57. The predicted molar refractivity (Wildman–Crippen MR) is 135 cm³/mol. The van der Waals surface area contributed by atoms with Gasteiger partial charge in [0.1, 0.15) is 5.60 Å². The van der Waals surface area contributed by atoms with E-state index in [4.69, 9.17) is 0 Å². The normalized spacial score (nSPS) is 17.9. The molecule has 1 N–H and O–H groups in total. The van der Waals surface area contributed by atoms with Crippen molar-refractivity contribution in [3.8, 4) is 0 Å². The number of aromatic nitrogens is 1. The molecule has 2 aromatic carbocycles. The average molecular weight is 482 g/mol. The van der Waals surface area contributed by atoms with E-state index in [0.29, 0.717) is 11.3 Å². The molecule has 1 atom stereocenters. The van der Waals surface area contributed by atoms with Crippen molar-refractivity contribution >= 4 is 9.84 Å². The Balaban J connectivity index is 1.38. The minimum absolute atomic E-state index is 0.363. The van der Waals surface area contributed by atoms with Crippen LogP contribution in [0.5, 0.6) is 0 Å². The van der Waals surface area contributed by atoms with Gasteiger partial charge in [0.15, 0.2) is 9.84 Å². The highest BCUT2D eigenvalue weighted by atomic mass is 32.2. The molecule has 182 valence electrons. The maximum atomic E-state index is 11.9. The van der Waals surface area contributed by atoms with Crippen LogP contribution < -0.4 is 0 Å². The molecule has 6 nitrogen and oxygen atoms in total. The van der Waals surface area contributed by atoms with Gasteiger partial charge in [-0.15, -0.1) is 0 Å². The van der Waals surface area contributed by atoms with Crippen LogP contribution in [-0.2, 0) is 29.0 Å². The first-order valence-corrected chi connectivity index (χ1v) is 13.8. The Bertz CT molecular complexity index is 1180. The van der Waals surface area contributed by atoms with E-state index < -0.39 is 15.4 Å². The highest BCUT2D eigenvalue weighted by Gasteiger charge is 2.34. The molecule has 1 unspecified atom stereocenters. The molecule has 7 heteroatoms. The zero-order valence-corrected chi connectivity index (χ0v) is 20.9. The summed E-state index contributed by atoms with van der Waals surface area (Å²) < 4.78 is 25.4. The summed E-state index contributed by atoms with van der Waals surface area (Å²) in [6, 6.07) is 21.2. The molecular weight excluding hydrogens is 446 g/mol. The fourth-order valence-electron chi connectivity index (χ4n) is 4.85. The van der Waals surface area contributed by atoms with Gasteiger partial charge in [-0.2, -0.15) is 0 Å². The minimum Gasteiger partial charge on any atom is -0.379 e. The number of aryl methyl sites for hydroxylation is 1. The SMILES string of the molecule is Cn1cccc1C(O)(CCN1CCCN(Cc2ccc(S(C)(=O)=O)cc2)CC1)c1ccccc1. The quantitative estimate of drug-likeness (QED) is 0.535. The van der Waals surface area contributed by atoms with Crippen molar-refractivity contribution in [2.24, 2.45) is 7.05 Å². The first-order valence-electron chi connectivity index (χ1n) is 11.9. The average Bonchev–Trinajstić information content (AvgIpc) is 3.14. The topological polar surface area (TPSA) is 65.8 Å². The van der Waals surface area contributed by atoms with Crippen molar-refractivity contribution in [2.75, 3.05) is 39.0 Å². The van der Waals surface area contributed by atoms with Crippen molar-refractivity contribution in [2.45, 2.75) is 29.9 Å². The number of sulfone groups is 1. The van der Waals surface area contributed by atoms with E-state index in [1.165, 1.54) is 6.26 Å². The molecule has 1 aliphatic rings. The molecular formula is C27H35N3O3S. The van der Waals surface area contributed by atoms with Gasteiger partial charge in [-0.3, -0.25) is 4.90 Å². The molecule has 1 fully saturated rings. The molecule has 0 radical (unpaired) electrons. The molecule has 0 aliphatic carbocycles. The molecule has 4 rings (SSSR count). The number of nitrogens with zero attached hydrogens (tertiary/aromatic N) is 3. The van der Waals surface area contributed by atoms with Gasteiger partial charge in [-0.1, -0.05) is 42.5 Å². The number of benzene rings is 2. The third-order valence-corrected chi connectivity index (χ3v) is 7.98. The van der Waals surface area contributed by atoms with Crippen LogP contribution in [0.25, 0.3) is 0 Å². The fourth-order valence-corrected chi connectivity index (χ4v) is 5.48. The smallest absolute Gasteiger partial charge is 0.175 e. The van der Waals surface area contributed by atoms with Gasteiger partial charge in [-0.05, 0) is 61.3 Å². The van der Waals surface area contributed by atoms with Gasteiger partial charge < -0.3 is 14.6 Å². The molecule has 0 bridgehead atoms. The Hall–Kier alpha value is -2.45. The molecule has 1 aromatic heterocycles. The molecule has 0 saturated carbocycles. The number of hydrogen-bond acceptors (Lipinski definition) is 5. The minimum atomic E-state index is -3.17. The van der Waals surface area contributed by atoms with E-state index in [-0.39, 0.29) is 0 Å². The van der Waals surface area contributed by atoms with Gasteiger partial charge in [0, 0.05) is 45.7 Å². The molecule has 0 spiro atoms. The lowest BCUT2D eigenvalue weighted by atomic mass is 9.87. The first kappa shape index (κ1) is 24.7. The predicted octanol–water partition coefficient (Wildman–Crippen LogP) is 3.26. The van der Waals surface area contributed by atoms with E-state index in [2.05, 4.69) is 9.80 Å². The summed E-state index contributed by atoms with van der Waals surface area (Å²) >= 11 is 0. The Morgan fingerprint density at radius 3 is 2.21 bits per heavy atom. The Morgan fingerprint density at radius 1 is 0.882 bits per heavy atom. The van der Waals surface area contributed by atoms with E-state index in [1.807, 2.05) is 72.4 Å². The Morgan fingerprint density at radius 2 is 1.56 bits per heavy atom. The van der Waals surface area contributed by atoms with Crippen molar-refractivity contribution in [3.63, 3.8) is 0 Å². The first-order chi connectivity index (χ1) is 16.3. The van der Waals surface area contributed by atoms with Crippen molar-refractivity contribution < 1.29 is 13.5 Å². The standard InChI is InChI=1S/C27H35N3O3S/c1-28-16-6-10-26(28)27(31,24-8-4-3-5-9-24)15-19-29-17-7-18-30(21-20-29)22-23-11-13-25(14-12-23)34(2,32)33/h3-6,8-14,16,31H,7,15,17-22H2,1-2H3. The van der Waals surface area contributed by atoms with Crippen molar-refractivity contribution in [1.82, 2.24) is 14.4 Å². The van der Waals surface area contributed by atoms with E-state index >= 15 is 0 Å². The maximum absolute atomic E-state index is 11.9. The summed E-state index contributed by atoms with van der Waals surface area (Å²) in [4.78, 5) is 5.24. The molecule has 2 heterocycles. The number of aliphatic hydroxyl groups is 1. The van der Waals surface area contributed by atoms with E-state index in [0.717, 1.165) is 62.5 Å². The van der Waals surface area contributed by atoms with Crippen LogP contribution in [-0.4, -0.2) is 66.9 Å². The third kappa shape index (κ3) is 5.78. The Labute approximate surface area is 203 Å². The van der Waals surface area contributed by atoms with Crippen molar-refractivity contribution in [3.05, 3.63) is 89.7 Å². The molecule has 0 amide bonds.